The van der Waals surface area contributed by atoms with Crippen LogP contribution < -0.4 is 0 Å². The van der Waals surface area contributed by atoms with Crippen LogP contribution in [0.2, 0.25) is 0 Å². The predicted molar refractivity (Wildman–Crippen MR) is 77.1 cm³/mol. The quantitative estimate of drug-likeness (QED) is 0.857. The van der Waals surface area contributed by atoms with Crippen LogP contribution in [0, 0.1) is 0 Å². The molecule has 1 rings (SSSR count). The van der Waals surface area contributed by atoms with Crippen molar-refractivity contribution < 1.29 is 10.0 Å². The van der Waals surface area contributed by atoms with Crippen molar-refractivity contribution in [2.75, 3.05) is 6.54 Å². The molecule has 1 aliphatic heterocycles. The number of hydroxylamine groups is 2. The summed E-state index contributed by atoms with van der Waals surface area (Å²) in [4.78, 5) is 14.8. The van der Waals surface area contributed by atoms with Gasteiger partial charge in [0.25, 0.3) is 0 Å². The maximum absolute atomic E-state index is 12.9. The average Bonchev–Trinajstić information content (AvgIpc) is 2.34. The molecule has 1 amide bonds. The molecule has 0 saturated carbocycles. The van der Waals surface area contributed by atoms with Gasteiger partial charge in [-0.05, 0) is 47.0 Å². The molecule has 0 aromatic carbocycles. The largest absolute Gasteiger partial charge is 0.334 e. The van der Waals surface area contributed by atoms with E-state index >= 15 is 0 Å². The molecule has 1 unspecified atom stereocenters. The Balaban J connectivity index is 3.34. The van der Waals surface area contributed by atoms with Crippen molar-refractivity contribution in [3.63, 3.8) is 0 Å². The van der Waals surface area contributed by atoms with Gasteiger partial charge in [-0.15, -0.1) is 0 Å². The summed E-state index contributed by atoms with van der Waals surface area (Å²) in [6.07, 6.45) is 2.06. The highest BCUT2D eigenvalue weighted by Crippen LogP contribution is 2.40. The zero-order valence-corrected chi connectivity index (χ0v) is 13.6. The van der Waals surface area contributed by atoms with Crippen LogP contribution in [0.5, 0.6) is 0 Å². The number of rotatable bonds is 3. The lowest BCUT2D eigenvalue weighted by atomic mass is 9.79. The molecule has 4 heteroatoms. The Bertz CT molecular complexity index is 345. The van der Waals surface area contributed by atoms with Crippen LogP contribution in [0.3, 0.4) is 0 Å². The molecule has 1 saturated heterocycles. The van der Waals surface area contributed by atoms with Crippen LogP contribution in [0.25, 0.3) is 0 Å². The van der Waals surface area contributed by atoms with Crippen LogP contribution in [-0.4, -0.2) is 44.2 Å². The van der Waals surface area contributed by atoms with Gasteiger partial charge in [-0.3, -0.25) is 4.79 Å². The van der Waals surface area contributed by atoms with E-state index in [4.69, 9.17) is 0 Å². The van der Waals surface area contributed by atoms with Crippen molar-refractivity contribution in [2.45, 2.75) is 84.3 Å². The molecule has 1 heterocycles. The van der Waals surface area contributed by atoms with Gasteiger partial charge in [-0.2, -0.15) is 5.06 Å². The molecule has 1 fully saturated rings. The number of piperazine rings is 1. The Morgan fingerprint density at radius 1 is 1.16 bits per heavy atom. The summed E-state index contributed by atoms with van der Waals surface area (Å²) in [7, 11) is 0. The Morgan fingerprint density at radius 3 is 1.95 bits per heavy atom. The minimum Gasteiger partial charge on any atom is -0.334 e. The van der Waals surface area contributed by atoms with Crippen LogP contribution in [0.1, 0.15) is 67.7 Å². The second kappa shape index (κ2) is 5.06. The van der Waals surface area contributed by atoms with E-state index in [9.17, 15) is 10.0 Å². The summed E-state index contributed by atoms with van der Waals surface area (Å²) < 4.78 is 0. The van der Waals surface area contributed by atoms with E-state index < -0.39 is 5.54 Å². The van der Waals surface area contributed by atoms with Gasteiger partial charge in [-0.25, -0.2) is 0 Å². The van der Waals surface area contributed by atoms with Gasteiger partial charge in [0.05, 0.1) is 5.54 Å². The predicted octanol–water partition coefficient (Wildman–Crippen LogP) is 3.05. The Kier molecular flexibility index (Phi) is 4.38. The van der Waals surface area contributed by atoms with Crippen molar-refractivity contribution >= 4 is 5.91 Å². The Labute approximate surface area is 117 Å². The molecular formula is C15H30N2O2. The molecule has 0 aliphatic carbocycles. The highest BCUT2D eigenvalue weighted by atomic mass is 16.5. The molecule has 19 heavy (non-hydrogen) atoms. The molecule has 112 valence electrons. The third-order valence-electron chi connectivity index (χ3n) is 4.80. The second-order valence-corrected chi connectivity index (χ2v) is 6.96. The smallest absolute Gasteiger partial charge is 0.245 e. The average molecular weight is 270 g/mol. The summed E-state index contributed by atoms with van der Waals surface area (Å²) in [5, 5.41) is 12.0. The van der Waals surface area contributed by atoms with E-state index in [1.165, 1.54) is 5.06 Å². The van der Waals surface area contributed by atoms with E-state index in [0.717, 1.165) is 6.42 Å². The van der Waals surface area contributed by atoms with Crippen LogP contribution in [0.4, 0.5) is 0 Å². The van der Waals surface area contributed by atoms with E-state index in [-0.39, 0.29) is 17.0 Å². The standard InChI is InChI=1S/C15H30N2O2/c1-8-14(7)11-16(13(4,5)6)12(18)15(9-2,10-3)17(14)19/h19H,8-11H2,1-7H3. The lowest BCUT2D eigenvalue weighted by Gasteiger charge is -2.58. The first-order valence-corrected chi connectivity index (χ1v) is 7.40. The fourth-order valence-corrected chi connectivity index (χ4v) is 2.99. The maximum Gasteiger partial charge on any atom is 0.245 e. The third-order valence-corrected chi connectivity index (χ3v) is 4.80. The summed E-state index contributed by atoms with van der Waals surface area (Å²) in [6.45, 7) is 14.8. The van der Waals surface area contributed by atoms with Gasteiger partial charge in [0.2, 0.25) is 5.91 Å². The summed E-state index contributed by atoms with van der Waals surface area (Å²) in [6, 6.07) is 0. The highest BCUT2D eigenvalue weighted by molar-refractivity contribution is 5.88. The van der Waals surface area contributed by atoms with Gasteiger partial charge in [0.15, 0.2) is 0 Å². The topological polar surface area (TPSA) is 43.8 Å². The molecule has 0 spiro atoms. The first kappa shape index (κ1) is 16.4. The molecule has 1 atom stereocenters. The fourth-order valence-electron chi connectivity index (χ4n) is 2.99. The van der Waals surface area contributed by atoms with Crippen molar-refractivity contribution in [1.82, 2.24) is 9.96 Å². The van der Waals surface area contributed by atoms with Gasteiger partial charge >= 0.3 is 0 Å². The lowest BCUT2D eigenvalue weighted by Crippen LogP contribution is -2.75. The normalized spacial score (nSPS) is 28.8. The second-order valence-electron chi connectivity index (χ2n) is 6.96. The van der Waals surface area contributed by atoms with E-state index in [2.05, 4.69) is 27.7 Å². The molecule has 0 aromatic rings. The monoisotopic (exact) mass is 270 g/mol. The SMILES string of the molecule is CCC1(C)CN(C(C)(C)C)C(=O)C(CC)(CC)N1O. The highest BCUT2D eigenvalue weighted by Gasteiger charge is 2.56. The zero-order chi connectivity index (χ0) is 15.1. The van der Waals surface area contributed by atoms with Crippen LogP contribution in [0.15, 0.2) is 0 Å². The van der Waals surface area contributed by atoms with Crippen molar-refractivity contribution in [3.05, 3.63) is 0 Å². The molecular weight excluding hydrogens is 240 g/mol. The van der Waals surface area contributed by atoms with E-state index in [1.54, 1.807) is 0 Å². The van der Waals surface area contributed by atoms with Crippen molar-refractivity contribution in [2.24, 2.45) is 0 Å². The molecule has 1 N–H and O–H groups in total. The Hall–Kier alpha value is -0.610. The zero-order valence-electron chi connectivity index (χ0n) is 13.6. The van der Waals surface area contributed by atoms with Gasteiger partial charge in [-0.1, -0.05) is 20.8 Å². The number of hydrogen-bond acceptors (Lipinski definition) is 3. The van der Waals surface area contributed by atoms with Crippen LogP contribution in [-0.2, 0) is 4.79 Å². The lowest BCUT2D eigenvalue weighted by molar-refractivity contribution is -0.266. The third kappa shape index (κ3) is 2.40. The molecule has 1 aliphatic rings. The first-order valence-electron chi connectivity index (χ1n) is 7.40. The number of hydrogen-bond donors (Lipinski definition) is 1. The minimum absolute atomic E-state index is 0.0541. The molecule has 0 radical (unpaired) electrons. The fraction of sp³-hybridized carbons (Fsp3) is 0.933. The van der Waals surface area contributed by atoms with Gasteiger partial charge in [0.1, 0.15) is 5.54 Å². The summed E-state index contributed by atoms with van der Waals surface area (Å²) in [5.74, 6) is 0.0541. The molecule has 4 nitrogen and oxygen atoms in total. The number of carbonyl (C=O) groups excluding carboxylic acids is 1. The number of carbonyl (C=O) groups is 1. The number of amides is 1. The molecule has 0 aromatic heterocycles. The van der Waals surface area contributed by atoms with E-state index in [1.807, 2.05) is 25.7 Å². The minimum atomic E-state index is -0.781. The van der Waals surface area contributed by atoms with Crippen molar-refractivity contribution in [3.8, 4) is 0 Å². The van der Waals surface area contributed by atoms with Crippen molar-refractivity contribution in [1.29, 1.82) is 0 Å². The Morgan fingerprint density at radius 2 is 1.63 bits per heavy atom. The first-order chi connectivity index (χ1) is 8.59. The van der Waals surface area contributed by atoms with Gasteiger partial charge < -0.3 is 10.1 Å². The van der Waals surface area contributed by atoms with Gasteiger partial charge in [0, 0.05) is 12.1 Å². The van der Waals surface area contributed by atoms with Crippen LogP contribution >= 0.6 is 0 Å². The number of nitrogens with zero attached hydrogens (tertiary/aromatic N) is 2. The maximum atomic E-state index is 12.9. The summed E-state index contributed by atoms with van der Waals surface area (Å²) >= 11 is 0. The van der Waals surface area contributed by atoms with E-state index in [0.29, 0.717) is 19.4 Å². The summed E-state index contributed by atoms with van der Waals surface area (Å²) in [5.41, 5.74) is -1.38. The molecule has 0 bridgehead atoms.